The predicted molar refractivity (Wildman–Crippen MR) is 93.0 cm³/mol. The number of nitrogens with one attached hydrogen (secondary N) is 4. The molecule has 2 amide bonds. The van der Waals surface area contributed by atoms with E-state index in [9.17, 15) is 9.59 Å². The Morgan fingerprint density at radius 2 is 1.70 bits per heavy atom. The molecule has 0 spiro atoms. The Bertz CT molecular complexity index is 534. The summed E-state index contributed by atoms with van der Waals surface area (Å²) in [6.45, 7) is 5.04. The van der Waals surface area contributed by atoms with Crippen molar-refractivity contribution in [1.29, 1.82) is 0 Å². The van der Waals surface area contributed by atoms with E-state index in [-0.39, 0.29) is 24.7 Å². The van der Waals surface area contributed by atoms with Crippen LogP contribution in [0.25, 0.3) is 0 Å². The third kappa shape index (κ3) is 8.01. The molecule has 0 fully saturated rings. The lowest BCUT2D eigenvalue weighted by Crippen LogP contribution is -2.46. The smallest absolute Gasteiger partial charge is 0.238 e. The Balaban J connectivity index is 2.28. The first-order chi connectivity index (χ1) is 11.0. The van der Waals surface area contributed by atoms with Crippen LogP contribution in [0, 0.1) is 0 Å². The van der Waals surface area contributed by atoms with Crippen molar-refractivity contribution in [3.63, 3.8) is 0 Å². The summed E-state index contributed by atoms with van der Waals surface area (Å²) < 4.78 is 5.32. The van der Waals surface area contributed by atoms with Crippen LogP contribution in [0.1, 0.15) is 26.7 Å². The maximum Gasteiger partial charge on any atom is 0.238 e. The molecule has 1 aromatic carbocycles. The minimum absolute atomic E-state index is 0.0601. The van der Waals surface area contributed by atoms with Crippen molar-refractivity contribution in [3.05, 3.63) is 24.3 Å². The Kier molecular flexibility index (Phi) is 8.45. The number of anilines is 1. The lowest BCUT2D eigenvalue weighted by Gasteiger charge is -2.10. The topological polar surface area (TPSA) is 91.5 Å². The van der Waals surface area contributed by atoms with Gasteiger partial charge in [0.1, 0.15) is 5.75 Å². The van der Waals surface area contributed by atoms with Crippen molar-refractivity contribution in [2.45, 2.75) is 26.7 Å². The number of hydrazine groups is 1. The molecule has 23 heavy (non-hydrogen) atoms. The maximum atomic E-state index is 11.8. The monoisotopic (exact) mass is 338 g/mol. The van der Waals surface area contributed by atoms with Gasteiger partial charge >= 0.3 is 0 Å². The van der Waals surface area contributed by atoms with Gasteiger partial charge in [0.25, 0.3) is 0 Å². The number of hydrogen-bond donors (Lipinski definition) is 4. The molecule has 0 unspecified atom stereocenters. The maximum absolute atomic E-state index is 11.8. The Hall–Kier alpha value is -2.35. The van der Waals surface area contributed by atoms with E-state index < -0.39 is 0 Å². The first-order valence-electron chi connectivity index (χ1n) is 7.40. The van der Waals surface area contributed by atoms with Crippen molar-refractivity contribution in [3.8, 4) is 5.75 Å². The molecular weight excluding hydrogens is 316 g/mol. The van der Waals surface area contributed by atoms with Crippen molar-refractivity contribution in [2.75, 3.05) is 18.5 Å². The van der Waals surface area contributed by atoms with E-state index in [2.05, 4.69) is 21.5 Å². The minimum atomic E-state index is -0.313. The third-order valence-corrected chi connectivity index (χ3v) is 2.93. The highest BCUT2D eigenvalue weighted by molar-refractivity contribution is 7.80. The highest BCUT2D eigenvalue weighted by Crippen LogP contribution is 2.15. The van der Waals surface area contributed by atoms with Gasteiger partial charge in [-0.15, -0.1) is 0 Å². The quantitative estimate of drug-likeness (QED) is 0.443. The van der Waals surface area contributed by atoms with E-state index >= 15 is 0 Å². The minimum Gasteiger partial charge on any atom is -0.494 e. The van der Waals surface area contributed by atoms with Gasteiger partial charge in [-0.05, 0) is 50.3 Å². The van der Waals surface area contributed by atoms with Crippen LogP contribution in [0.3, 0.4) is 0 Å². The number of carbonyl (C=O) groups is 2. The van der Waals surface area contributed by atoms with Gasteiger partial charge in [-0.1, -0.05) is 0 Å². The van der Waals surface area contributed by atoms with Crippen LogP contribution >= 0.6 is 12.2 Å². The SMILES string of the molecule is CCNC(=S)NNC(=O)CCC(=O)Nc1ccc(OCC)cc1. The van der Waals surface area contributed by atoms with E-state index in [1.165, 1.54) is 0 Å². The molecule has 7 nitrogen and oxygen atoms in total. The van der Waals surface area contributed by atoms with Gasteiger partial charge in [-0.3, -0.25) is 20.4 Å². The first kappa shape index (κ1) is 18.7. The Morgan fingerprint density at radius 3 is 2.30 bits per heavy atom. The van der Waals surface area contributed by atoms with Crippen LogP contribution in [0.2, 0.25) is 0 Å². The highest BCUT2D eigenvalue weighted by Gasteiger charge is 2.07. The summed E-state index contributed by atoms with van der Waals surface area (Å²) in [5.74, 6) is 0.193. The van der Waals surface area contributed by atoms with Crippen LogP contribution in [0.5, 0.6) is 5.75 Å². The number of carbonyl (C=O) groups excluding carboxylic acids is 2. The van der Waals surface area contributed by atoms with Gasteiger partial charge in [0.2, 0.25) is 11.8 Å². The van der Waals surface area contributed by atoms with Gasteiger partial charge in [-0.25, -0.2) is 0 Å². The summed E-state index contributed by atoms with van der Waals surface area (Å²) in [6, 6.07) is 7.05. The van der Waals surface area contributed by atoms with Gasteiger partial charge in [0.15, 0.2) is 5.11 Å². The molecule has 0 saturated carbocycles. The molecule has 8 heteroatoms. The van der Waals surface area contributed by atoms with E-state index in [0.717, 1.165) is 5.75 Å². The highest BCUT2D eigenvalue weighted by atomic mass is 32.1. The lowest BCUT2D eigenvalue weighted by molar-refractivity contribution is -0.124. The fourth-order valence-corrected chi connectivity index (χ4v) is 1.84. The molecule has 0 aliphatic heterocycles. The number of rotatable bonds is 7. The average Bonchev–Trinajstić information content (AvgIpc) is 2.53. The number of benzene rings is 1. The van der Waals surface area contributed by atoms with Crippen LogP contribution in [0.4, 0.5) is 5.69 Å². The first-order valence-corrected chi connectivity index (χ1v) is 7.81. The molecule has 0 aliphatic carbocycles. The molecule has 0 saturated heterocycles. The summed E-state index contributed by atoms with van der Waals surface area (Å²) >= 11 is 4.90. The normalized spacial score (nSPS) is 9.65. The zero-order valence-electron chi connectivity index (χ0n) is 13.3. The van der Waals surface area contributed by atoms with Crippen molar-refractivity contribution < 1.29 is 14.3 Å². The molecule has 0 radical (unpaired) electrons. The van der Waals surface area contributed by atoms with Crippen molar-refractivity contribution >= 4 is 34.8 Å². The van der Waals surface area contributed by atoms with Crippen LogP contribution in [-0.4, -0.2) is 30.1 Å². The largest absolute Gasteiger partial charge is 0.494 e. The van der Waals surface area contributed by atoms with Gasteiger partial charge in [0.05, 0.1) is 6.61 Å². The second kappa shape index (κ2) is 10.4. The van der Waals surface area contributed by atoms with E-state index in [0.29, 0.717) is 24.0 Å². The second-order valence-electron chi connectivity index (χ2n) is 4.54. The predicted octanol–water partition coefficient (Wildman–Crippen LogP) is 1.32. The van der Waals surface area contributed by atoms with E-state index in [1.807, 2.05) is 13.8 Å². The van der Waals surface area contributed by atoms with Crippen molar-refractivity contribution in [2.24, 2.45) is 0 Å². The second-order valence-corrected chi connectivity index (χ2v) is 4.95. The third-order valence-electron chi connectivity index (χ3n) is 2.68. The Morgan fingerprint density at radius 1 is 1.04 bits per heavy atom. The van der Waals surface area contributed by atoms with E-state index in [1.54, 1.807) is 24.3 Å². The van der Waals surface area contributed by atoms with Gasteiger partial charge < -0.3 is 15.4 Å². The zero-order chi connectivity index (χ0) is 17.1. The summed E-state index contributed by atoms with van der Waals surface area (Å²) in [7, 11) is 0. The fourth-order valence-electron chi connectivity index (χ4n) is 1.65. The number of hydrogen-bond acceptors (Lipinski definition) is 4. The molecule has 1 aromatic rings. The molecule has 0 bridgehead atoms. The van der Waals surface area contributed by atoms with Crippen molar-refractivity contribution in [1.82, 2.24) is 16.2 Å². The average molecular weight is 338 g/mol. The standard InChI is InChI=1S/C15H22N4O3S/c1-3-16-15(23)19-18-14(21)10-9-13(20)17-11-5-7-12(8-6-11)22-4-2/h5-8H,3-4,9-10H2,1-2H3,(H,17,20)(H,18,21)(H2,16,19,23). The summed E-state index contributed by atoms with van der Waals surface area (Å²) in [4.78, 5) is 23.4. The number of amides is 2. The van der Waals surface area contributed by atoms with Gasteiger partial charge in [-0.2, -0.15) is 0 Å². The summed E-state index contributed by atoms with van der Waals surface area (Å²) in [5, 5.41) is 5.88. The molecule has 126 valence electrons. The fraction of sp³-hybridized carbons (Fsp3) is 0.400. The Labute approximate surface area is 141 Å². The zero-order valence-corrected chi connectivity index (χ0v) is 14.1. The van der Waals surface area contributed by atoms with E-state index in [4.69, 9.17) is 17.0 Å². The molecule has 0 heterocycles. The van der Waals surface area contributed by atoms with Gasteiger partial charge in [0, 0.05) is 25.1 Å². The number of ether oxygens (including phenoxy) is 1. The molecular formula is C15H22N4O3S. The lowest BCUT2D eigenvalue weighted by atomic mass is 10.2. The molecule has 1 rings (SSSR count). The summed E-state index contributed by atoms with van der Waals surface area (Å²) in [6.07, 6.45) is 0.138. The molecule has 4 N–H and O–H groups in total. The number of thiocarbonyl (C=S) groups is 1. The van der Waals surface area contributed by atoms with Crippen LogP contribution in [0.15, 0.2) is 24.3 Å². The molecule has 0 aromatic heterocycles. The summed E-state index contributed by atoms with van der Waals surface area (Å²) in [5.41, 5.74) is 5.63. The molecule has 0 aliphatic rings. The van der Waals surface area contributed by atoms with Crippen LogP contribution in [-0.2, 0) is 9.59 Å². The van der Waals surface area contributed by atoms with Crippen LogP contribution < -0.4 is 26.2 Å². The molecule has 0 atom stereocenters.